The standard InChI is InChI=1S/C21H14N4O/c1-2-5-16(6-3-1)8-9-19-21(26-15-17-10-13-22-14-11-17)25-18-7-4-12-23-20(18)24-19/h1-7,10-14H,15H2. The minimum Gasteiger partial charge on any atom is -0.471 e. The van der Waals surface area contributed by atoms with Crippen LogP contribution in [-0.4, -0.2) is 19.9 Å². The zero-order valence-electron chi connectivity index (χ0n) is 13.8. The summed E-state index contributed by atoms with van der Waals surface area (Å²) in [5.41, 5.74) is 3.57. The summed E-state index contributed by atoms with van der Waals surface area (Å²) in [5, 5.41) is 0. The van der Waals surface area contributed by atoms with Crippen molar-refractivity contribution in [3.8, 4) is 17.7 Å². The summed E-state index contributed by atoms with van der Waals surface area (Å²) in [7, 11) is 0. The highest BCUT2D eigenvalue weighted by molar-refractivity contribution is 5.71. The number of rotatable bonds is 3. The van der Waals surface area contributed by atoms with Crippen LogP contribution in [0.5, 0.6) is 5.88 Å². The van der Waals surface area contributed by atoms with Gasteiger partial charge in [0.25, 0.3) is 0 Å². The van der Waals surface area contributed by atoms with Crippen LogP contribution in [-0.2, 0) is 6.61 Å². The van der Waals surface area contributed by atoms with Gasteiger partial charge in [-0.1, -0.05) is 24.1 Å². The van der Waals surface area contributed by atoms with Crippen molar-refractivity contribution < 1.29 is 4.74 Å². The Balaban J connectivity index is 1.70. The lowest BCUT2D eigenvalue weighted by molar-refractivity contribution is 0.292. The highest BCUT2D eigenvalue weighted by Crippen LogP contribution is 2.18. The molecule has 0 fully saturated rings. The molecule has 0 saturated carbocycles. The van der Waals surface area contributed by atoms with Crippen molar-refractivity contribution in [2.75, 3.05) is 0 Å². The molecule has 0 unspecified atom stereocenters. The summed E-state index contributed by atoms with van der Waals surface area (Å²) in [6, 6.07) is 17.2. The van der Waals surface area contributed by atoms with Crippen LogP contribution in [0.1, 0.15) is 16.8 Å². The van der Waals surface area contributed by atoms with Crippen molar-refractivity contribution in [1.82, 2.24) is 19.9 Å². The summed E-state index contributed by atoms with van der Waals surface area (Å²) in [6.45, 7) is 0.364. The van der Waals surface area contributed by atoms with E-state index in [9.17, 15) is 0 Å². The molecule has 3 heterocycles. The fourth-order valence-corrected chi connectivity index (χ4v) is 2.34. The van der Waals surface area contributed by atoms with Gasteiger partial charge in [-0.15, -0.1) is 0 Å². The van der Waals surface area contributed by atoms with Crippen LogP contribution in [0.15, 0.2) is 73.2 Å². The van der Waals surface area contributed by atoms with Crippen LogP contribution >= 0.6 is 0 Å². The second-order valence-electron chi connectivity index (χ2n) is 5.48. The molecule has 26 heavy (non-hydrogen) atoms. The summed E-state index contributed by atoms with van der Waals surface area (Å²) in [4.78, 5) is 17.3. The molecule has 5 heteroatoms. The van der Waals surface area contributed by atoms with E-state index in [0.717, 1.165) is 11.1 Å². The molecule has 0 aliphatic heterocycles. The molecule has 0 aliphatic carbocycles. The lowest BCUT2D eigenvalue weighted by Crippen LogP contribution is -2.02. The first-order valence-electron chi connectivity index (χ1n) is 8.10. The number of ether oxygens (including phenoxy) is 1. The molecule has 0 atom stereocenters. The predicted octanol–water partition coefficient (Wildman–Crippen LogP) is 3.40. The van der Waals surface area contributed by atoms with Gasteiger partial charge in [0.15, 0.2) is 11.3 Å². The third kappa shape index (κ3) is 3.65. The predicted molar refractivity (Wildman–Crippen MR) is 98.3 cm³/mol. The van der Waals surface area contributed by atoms with Gasteiger partial charge < -0.3 is 4.74 Å². The van der Waals surface area contributed by atoms with E-state index >= 15 is 0 Å². The van der Waals surface area contributed by atoms with Gasteiger partial charge in [-0.25, -0.2) is 15.0 Å². The summed E-state index contributed by atoms with van der Waals surface area (Å²) < 4.78 is 5.89. The number of hydrogen-bond donors (Lipinski definition) is 0. The normalized spacial score (nSPS) is 10.2. The Morgan fingerprint density at radius 2 is 1.65 bits per heavy atom. The summed E-state index contributed by atoms with van der Waals surface area (Å²) in [5.74, 6) is 6.55. The molecule has 0 aliphatic rings. The molecule has 4 aromatic rings. The topological polar surface area (TPSA) is 60.8 Å². The lowest BCUT2D eigenvalue weighted by atomic mass is 10.2. The molecule has 4 rings (SSSR count). The first kappa shape index (κ1) is 15.7. The number of pyridine rings is 2. The molecule has 0 N–H and O–H groups in total. The molecule has 0 spiro atoms. The Morgan fingerprint density at radius 1 is 0.808 bits per heavy atom. The smallest absolute Gasteiger partial charge is 0.250 e. The summed E-state index contributed by atoms with van der Waals surface area (Å²) >= 11 is 0. The Morgan fingerprint density at radius 3 is 2.50 bits per heavy atom. The molecule has 5 nitrogen and oxygen atoms in total. The molecule has 1 aromatic carbocycles. The molecular weight excluding hydrogens is 324 g/mol. The van der Waals surface area contributed by atoms with Crippen LogP contribution < -0.4 is 4.74 Å². The van der Waals surface area contributed by atoms with Gasteiger partial charge >= 0.3 is 0 Å². The van der Waals surface area contributed by atoms with Gasteiger partial charge in [-0.05, 0) is 47.9 Å². The fraction of sp³-hybridized carbons (Fsp3) is 0.0476. The fourth-order valence-electron chi connectivity index (χ4n) is 2.34. The van der Waals surface area contributed by atoms with E-state index in [1.165, 1.54) is 0 Å². The number of nitrogens with zero attached hydrogens (tertiary/aromatic N) is 4. The Hall–Kier alpha value is -3.78. The zero-order chi connectivity index (χ0) is 17.6. The molecule has 124 valence electrons. The van der Waals surface area contributed by atoms with Crippen molar-refractivity contribution in [1.29, 1.82) is 0 Å². The maximum Gasteiger partial charge on any atom is 0.250 e. The van der Waals surface area contributed by atoms with Gasteiger partial charge in [0.1, 0.15) is 12.1 Å². The van der Waals surface area contributed by atoms with Crippen molar-refractivity contribution >= 4 is 11.2 Å². The van der Waals surface area contributed by atoms with Crippen LogP contribution in [0.4, 0.5) is 0 Å². The minimum atomic E-state index is 0.364. The SMILES string of the molecule is C(#Cc1nc2ncccc2nc1OCc1ccncc1)c1ccccc1. The third-order valence-electron chi connectivity index (χ3n) is 3.63. The maximum atomic E-state index is 5.89. The van der Waals surface area contributed by atoms with Gasteiger partial charge in [-0.2, -0.15) is 0 Å². The second-order valence-corrected chi connectivity index (χ2v) is 5.48. The molecule has 0 saturated heterocycles. The van der Waals surface area contributed by atoms with E-state index in [1.807, 2.05) is 54.6 Å². The van der Waals surface area contributed by atoms with E-state index in [0.29, 0.717) is 29.3 Å². The Bertz CT molecular complexity index is 1090. The number of hydrogen-bond acceptors (Lipinski definition) is 5. The average Bonchev–Trinajstić information content (AvgIpc) is 2.72. The molecule has 0 bridgehead atoms. The molecule has 0 amide bonds. The van der Waals surface area contributed by atoms with Crippen molar-refractivity contribution in [2.24, 2.45) is 0 Å². The van der Waals surface area contributed by atoms with Crippen LogP contribution in [0.2, 0.25) is 0 Å². The largest absolute Gasteiger partial charge is 0.471 e. The van der Waals surface area contributed by atoms with E-state index in [4.69, 9.17) is 4.74 Å². The monoisotopic (exact) mass is 338 g/mol. The number of benzene rings is 1. The Labute approximate surface area is 150 Å². The molecule has 3 aromatic heterocycles. The van der Waals surface area contributed by atoms with E-state index in [-0.39, 0.29) is 0 Å². The summed E-state index contributed by atoms with van der Waals surface area (Å²) in [6.07, 6.45) is 5.14. The third-order valence-corrected chi connectivity index (χ3v) is 3.63. The molecular formula is C21H14N4O. The van der Waals surface area contributed by atoms with Gasteiger partial charge in [-0.3, -0.25) is 4.98 Å². The van der Waals surface area contributed by atoms with Crippen molar-refractivity contribution in [2.45, 2.75) is 6.61 Å². The van der Waals surface area contributed by atoms with Crippen LogP contribution in [0, 0.1) is 11.8 Å². The first-order valence-corrected chi connectivity index (χ1v) is 8.10. The van der Waals surface area contributed by atoms with E-state index in [2.05, 4.69) is 31.8 Å². The van der Waals surface area contributed by atoms with Gasteiger partial charge in [0.05, 0.1) is 0 Å². The highest BCUT2D eigenvalue weighted by Gasteiger charge is 2.09. The van der Waals surface area contributed by atoms with E-state index in [1.54, 1.807) is 18.6 Å². The average molecular weight is 338 g/mol. The Kier molecular flexibility index (Phi) is 4.48. The quantitative estimate of drug-likeness (QED) is 0.536. The van der Waals surface area contributed by atoms with Gasteiger partial charge in [0, 0.05) is 24.2 Å². The minimum absolute atomic E-state index is 0.364. The number of fused-ring (bicyclic) bond motifs is 1. The van der Waals surface area contributed by atoms with E-state index < -0.39 is 0 Å². The van der Waals surface area contributed by atoms with Crippen LogP contribution in [0.25, 0.3) is 11.2 Å². The molecule has 0 radical (unpaired) electrons. The number of aromatic nitrogens is 4. The first-order chi connectivity index (χ1) is 12.9. The van der Waals surface area contributed by atoms with Crippen LogP contribution in [0.3, 0.4) is 0 Å². The van der Waals surface area contributed by atoms with Gasteiger partial charge in [0.2, 0.25) is 5.88 Å². The highest BCUT2D eigenvalue weighted by atomic mass is 16.5. The maximum absolute atomic E-state index is 5.89. The second kappa shape index (κ2) is 7.41. The zero-order valence-corrected chi connectivity index (χ0v) is 13.8. The lowest BCUT2D eigenvalue weighted by Gasteiger charge is -2.07. The van der Waals surface area contributed by atoms with Crippen molar-refractivity contribution in [3.63, 3.8) is 0 Å². The van der Waals surface area contributed by atoms with Crippen molar-refractivity contribution in [3.05, 3.63) is 90.0 Å².